The number of amides is 1. The molecule has 28 heavy (non-hydrogen) atoms. The van der Waals surface area contributed by atoms with Gasteiger partial charge in [0.2, 0.25) is 5.91 Å². The maximum atomic E-state index is 13.4. The summed E-state index contributed by atoms with van der Waals surface area (Å²) in [4.78, 5) is 11.7. The third kappa shape index (κ3) is 5.21. The first-order chi connectivity index (χ1) is 13.2. The van der Waals surface area contributed by atoms with Crippen molar-refractivity contribution in [2.75, 3.05) is 5.32 Å². The zero-order valence-electron chi connectivity index (χ0n) is 15.4. The van der Waals surface area contributed by atoms with E-state index < -0.39 is 30.7 Å². The molecule has 0 aromatic heterocycles. The van der Waals surface area contributed by atoms with Crippen LogP contribution in [0.15, 0.2) is 36.4 Å². The summed E-state index contributed by atoms with van der Waals surface area (Å²) in [6.45, 7) is 2.73. The average Bonchev–Trinajstić information content (AvgIpc) is 2.65. The molecule has 0 fully saturated rings. The zero-order valence-corrected chi connectivity index (χ0v) is 15.4. The summed E-state index contributed by atoms with van der Waals surface area (Å²) in [6.07, 6.45) is -6.92. The number of anilines is 1. The highest BCUT2D eigenvalue weighted by molar-refractivity contribution is 5.91. The highest BCUT2D eigenvalue weighted by Crippen LogP contribution is 2.37. The van der Waals surface area contributed by atoms with Gasteiger partial charge in [0.25, 0.3) is 6.43 Å². The molecule has 0 aliphatic heterocycles. The van der Waals surface area contributed by atoms with E-state index in [-0.39, 0.29) is 29.0 Å². The molecule has 0 aliphatic rings. The Bertz CT molecular complexity index is 834. The second kappa shape index (κ2) is 9.03. The molecule has 2 aromatic rings. The van der Waals surface area contributed by atoms with Crippen molar-refractivity contribution in [3.8, 4) is 5.75 Å². The number of ether oxygens (including phenoxy) is 1. The Morgan fingerprint density at radius 1 is 1.14 bits per heavy atom. The lowest BCUT2D eigenvalue weighted by Crippen LogP contribution is -2.17. The number of nitrogens with one attached hydrogen (secondary N) is 1. The van der Waals surface area contributed by atoms with Crippen LogP contribution in [0.3, 0.4) is 0 Å². The summed E-state index contributed by atoms with van der Waals surface area (Å²) >= 11 is 0. The summed E-state index contributed by atoms with van der Waals surface area (Å²) in [5, 5.41) is 2.40. The molecule has 0 spiro atoms. The fourth-order valence-corrected chi connectivity index (χ4v) is 2.63. The van der Waals surface area contributed by atoms with Crippen LogP contribution in [0, 0.1) is 0 Å². The van der Waals surface area contributed by atoms with Crippen LogP contribution in [0.4, 0.5) is 27.6 Å². The Hall–Kier alpha value is -2.64. The summed E-state index contributed by atoms with van der Waals surface area (Å²) < 4.78 is 72.2. The first-order valence-electron chi connectivity index (χ1n) is 8.70. The van der Waals surface area contributed by atoms with E-state index >= 15 is 0 Å². The van der Waals surface area contributed by atoms with Gasteiger partial charge in [-0.25, -0.2) is 8.78 Å². The summed E-state index contributed by atoms with van der Waals surface area (Å²) in [5.74, 6) is -0.668. The van der Waals surface area contributed by atoms with Crippen LogP contribution in [-0.4, -0.2) is 5.91 Å². The van der Waals surface area contributed by atoms with E-state index in [1.807, 2.05) is 0 Å². The molecule has 8 heteroatoms. The van der Waals surface area contributed by atoms with Crippen LogP contribution in [0.1, 0.15) is 48.9 Å². The number of halogens is 5. The van der Waals surface area contributed by atoms with Crippen molar-refractivity contribution < 1.29 is 31.5 Å². The van der Waals surface area contributed by atoms with E-state index in [1.165, 1.54) is 18.2 Å². The van der Waals surface area contributed by atoms with Crippen LogP contribution in [0.2, 0.25) is 0 Å². The van der Waals surface area contributed by atoms with E-state index in [9.17, 15) is 26.7 Å². The van der Waals surface area contributed by atoms with Gasteiger partial charge in [-0.05, 0) is 36.2 Å². The number of aryl methyl sites for hydroxylation is 1. The number of hydrogen-bond acceptors (Lipinski definition) is 2. The van der Waals surface area contributed by atoms with Crippen LogP contribution in [-0.2, 0) is 24.0 Å². The SMILES string of the molecule is CCC(=O)Nc1cccc(C(F)(F)F)c1COc1ccc(CC)cc1C(F)F. The first-order valence-corrected chi connectivity index (χ1v) is 8.70. The van der Waals surface area contributed by atoms with Crippen molar-refractivity contribution in [3.05, 3.63) is 58.7 Å². The molecular weight excluding hydrogens is 381 g/mol. The summed E-state index contributed by atoms with van der Waals surface area (Å²) in [6, 6.07) is 7.51. The number of benzene rings is 2. The topological polar surface area (TPSA) is 38.3 Å². The van der Waals surface area contributed by atoms with Crippen molar-refractivity contribution in [2.45, 2.75) is 45.9 Å². The van der Waals surface area contributed by atoms with Gasteiger partial charge in [-0.1, -0.05) is 26.0 Å². The minimum absolute atomic E-state index is 0.0644. The van der Waals surface area contributed by atoms with Crippen molar-refractivity contribution in [3.63, 3.8) is 0 Å². The van der Waals surface area contributed by atoms with E-state index in [4.69, 9.17) is 4.74 Å². The Morgan fingerprint density at radius 2 is 1.86 bits per heavy atom. The van der Waals surface area contributed by atoms with E-state index in [0.717, 1.165) is 12.1 Å². The Morgan fingerprint density at radius 3 is 2.43 bits per heavy atom. The normalized spacial score (nSPS) is 11.6. The van der Waals surface area contributed by atoms with Crippen molar-refractivity contribution in [1.29, 1.82) is 0 Å². The van der Waals surface area contributed by atoms with Gasteiger partial charge in [-0.3, -0.25) is 4.79 Å². The van der Waals surface area contributed by atoms with E-state index in [2.05, 4.69) is 5.32 Å². The number of alkyl halides is 5. The lowest BCUT2D eigenvalue weighted by atomic mass is 10.0. The molecule has 2 rings (SSSR count). The zero-order chi connectivity index (χ0) is 20.9. The summed E-state index contributed by atoms with van der Waals surface area (Å²) in [5.41, 5.74) is -1.11. The average molecular weight is 401 g/mol. The first kappa shape index (κ1) is 21.7. The number of hydrogen-bond donors (Lipinski definition) is 1. The number of rotatable bonds is 7. The quantitative estimate of drug-likeness (QED) is 0.567. The van der Waals surface area contributed by atoms with Gasteiger partial charge >= 0.3 is 6.18 Å². The molecule has 0 heterocycles. The predicted octanol–water partition coefficient (Wildman–Crippen LogP) is 6.13. The van der Waals surface area contributed by atoms with Gasteiger partial charge in [-0.15, -0.1) is 0 Å². The second-order valence-electron chi connectivity index (χ2n) is 6.05. The summed E-state index contributed by atoms with van der Waals surface area (Å²) in [7, 11) is 0. The number of carbonyl (C=O) groups excluding carboxylic acids is 1. The second-order valence-corrected chi connectivity index (χ2v) is 6.05. The number of carbonyl (C=O) groups is 1. The fourth-order valence-electron chi connectivity index (χ4n) is 2.63. The molecule has 3 nitrogen and oxygen atoms in total. The Kier molecular flexibility index (Phi) is 6.99. The molecule has 0 unspecified atom stereocenters. The third-order valence-electron chi connectivity index (χ3n) is 4.17. The maximum absolute atomic E-state index is 13.4. The Labute approximate surface area is 159 Å². The monoisotopic (exact) mass is 401 g/mol. The molecule has 0 saturated carbocycles. The van der Waals surface area contributed by atoms with Gasteiger partial charge in [-0.2, -0.15) is 13.2 Å². The van der Waals surface area contributed by atoms with Gasteiger partial charge < -0.3 is 10.1 Å². The van der Waals surface area contributed by atoms with Gasteiger partial charge in [0, 0.05) is 17.7 Å². The fraction of sp³-hybridized carbons (Fsp3) is 0.350. The van der Waals surface area contributed by atoms with Crippen LogP contribution >= 0.6 is 0 Å². The molecule has 152 valence electrons. The molecule has 0 aliphatic carbocycles. The molecular formula is C20H20F5NO2. The largest absolute Gasteiger partial charge is 0.488 e. The lowest BCUT2D eigenvalue weighted by molar-refractivity contribution is -0.138. The molecule has 1 amide bonds. The molecule has 0 radical (unpaired) electrons. The molecule has 2 aromatic carbocycles. The van der Waals surface area contributed by atoms with E-state index in [0.29, 0.717) is 12.0 Å². The maximum Gasteiger partial charge on any atom is 0.416 e. The van der Waals surface area contributed by atoms with Crippen LogP contribution in [0.25, 0.3) is 0 Å². The molecule has 0 bridgehead atoms. The van der Waals surface area contributed by atoms with Crippen LogP contribution < -0.4 is 10.1 Å². The van der Waals surface area contributed by atoms with Crippen molar-refractivity contribution >= 4 is 11.6 Å². The van der Waals surface area contributed by atoms with E-state index in [1.54, 1.807) is 19.9 Å². The van der Waals surface area contributed by atoms with Gasteiger partial charge in [0.15, 0.2) is 0 Å². The lowest BCUT2D eigenvalue weighted by Gasteiger charge is -2.19. The smallest absolute Gasteiger partial charge is 0.416 e. The standard InChI is InChI=1S/C20H20F5NO2/c1-3-12-8-9-17(13(10-12)19(21)22)28-11-14-15(20(23,24)25)6-5-7-16(14)26-18(27)4-2/h5-10,19H,3-4,11H2,1-2H3,(H,26,27). The Balaban J connectivity index is 2.41. The van der Waals surface area contributed by atoms with Crippen molar-refractivity contribution in [1.82, 2.24) is 0 Å². The predicted molar refractivity (Wildman–Crippen MR) is 95.5 cm³/mol. The highest BCUT2D eigenvalue weighted by Gasteiger charge is 2.34. The molecule has 0 saturated heterocycles. The highest BCUT2D eigenvalue weighted by atomic mass is 19.4. The molecule has 0 atom stereocenters. The van der Waals surface area contributed by atoms with Gasteiger partial charge in [0.05, 0.1) is 11.1 Å². The minimum atomic E-state index is -4.69. The van der Waals surface area contributed by atoms with Gasteiger partial charge in [0.1, 0.15) is 12.4 Å². The van der Waals surface area contributed by atoms with Crippen molar-refractivity contribution in [2.24, 2.45) is 0 Å². The minimum Gasteiger partial charge on any atom is -0.488 e. The third-order valence-corrected chi connectivity index (χ3v) is 4.17. The molecule has 1 N–H and O–H groups in total. The van der Waals surface area contributed by atoms with Crippen LogP contribution in [0.5, 0.6) is 5.75 Å².